The maximum absolute atomic E-state index is 6.13. The average molecular weight is 290 g/mol. The van der Waals surface area contributed by atoms with Crippen LogP contribution in [0.4, 0.5) is 0 Å². The van der Waals surface area contributed by atoms with Crippen molar-refractivity contribution >= 4 is 35.0 Å². The van der Waals surface area contributed by atoms with Gasteiger partial charge >= 0.3 is 0 Å². The molecule has 1 atom stereocenters. The summed E-state index contributed by atoms with van der Waals surface area (Å²) in [6.07, 6.45) is 2.62. The van der Waals surface area contributed by atoms with Gasteiger partial charge < -0.3 is 5.32 Å². The summed E-state index contributed by atoms with van der Waals surface area (Å²) < 4.78 is 0.383. The molecule has 1 heterocycles. The molecule has 1 fully saturated rings. The molecule has 1 aliphatic rings. The summed E-state index contributed by atoms with van der Waals surface area (Å²) in [5.74, 6) is 1.28. The number of rotatable bonds is 4. The Bertz CT molecular complexity index is 369. The quantitative estimate of drug-likeness (QED) is 0.883. The maximum Gasteiger partial charge on any atom is 0.0465 e. The minimum atomic E-state index is 0.383. The van der Waals surface area contributed by atoms with E-state index in [2.05, 4.69) is 24.0 Å². The molecule has 1 aromatic rings. The van der Waals surface area contributed by atoms with Crippen LogP contribution in [0.1, 0.15) is 25.3 Å². The van der Waals surface area contributed by atoms with Crippen LogP contribution in [-0.2, 0) is 6.54 Å². The summed E-state index contributed by atoms with van der Waals surface area (Å²) >= 11 is 14.3. The fraction of sp³-hybridized carbons (Fsp3) is 0.538. The van der Waals surface area contributed by atoms with Gasteiger partial charge in [0.2, 0.25) is 0 Å². The molecule has 2 rings (SSSR count). The summed E-state index contributed by atoms with van der Waals surface area (Å²) in [5.41, 5.74) is 1.00. The van der Waals surface area contributed by atoms with Crippen molar-refractivity contribution < 1.29 is 0 Å². The number of thioether (sulfide) groups is 1. The molecule has 17 heavy (non-hydrogen) atoms. The second kappa shape index (κ2) is 5.83. The zero-order valence-corrected chi connectivity index (χ0v) is 12.3. The fourth-order valence-corrected chi connectivity index (χ4v) is 3.93. The van der Waals surface area contributed by atoms with E-state index in [-0.39, 0.29) is 0 Å². The molecule has 0 radical (unpaired) electrons. The molecule has 94 valence electrons. The van der Waals surface area contributed by atoms with Crippen molar-refractivity contribution in [1.29, 1.82) is 0 Å². The van der Waals surface area contributed by atoms with Crippen LogP contribution in [0.15, 0.2) is 18.2 Å². The summed E-state index contributed by atoms with van der Waals surface area (Å²) in [6.45, 7) is 4.08. The summed E-state index contributed by atoms with van der Waals surface area (Å²) in [5, 5.41) is 4.97. The van der Waals surface area contributed by atoms with E-state index in [9.17, 15) is 0 Å². The molecule has 0 amide bonds. The standard InChI is InChI=1S/C13H17Cl2NS/c1-13(6-3-7-17-13)9-16-8-10-11(14)4-2-5-12(10)15/h2,4-5,16H,3,6-9H2,1H3. The third-order valence-electron chi connectivity index (χ3n) is 3.16. The van der Waals surface area contributed by atoms with E-state index in [0.717, 1.165) is 28.7 Å². The molecule has 0 bridgehead atoms. The molecular weight excluding hydrogens is 273 g/mol. The first kappa shape index (κ1) is 13.5. The van der Waals surface area contributed by atoms with Crippen LogP contribution in [0.2, 0.25) is 10.0 Å². The molecular formula is C13H17Cl2NS. The Labute approximate surface area is 117 Å². The lowest BCUT2D eigenvalue weighted by Gasteiger charge is -2.23. The Kier molecular flexibility index (Phi) is 4.65. The number of hydrogen-bond donors (Lipinski definition) is 1. The average Bonchev–Trinajstić information content (AvgIpc) is 2.70. The zero-order valence-electron chi connectivity index (χ0n) is 9.93. The largest absolute Gasteiger partial charge is 0.311 e. The summed E-state index contributed by atoms with van der Waals surface area (Å²) in [6, 6.07) is 5.65. The lowest BCUT2D eigenvalue weighted by atomic mass is 10.1. The summed E-state index contributed by atoms with van der Waals surface area (Å²) in [7, 11) is 0. The lowest BCUT2D eigenvalue weighted by Crippen LogP contribution is -2.32. The van der Waals surface area contributed by atoms with Crippen molar-refractivity contribution in [2.24, 2.45) is 0 Å². The highest BCUT2D eigenvalue weighted by Gasteiger charge is 2.28. The molecule has 0 saturated carbocycles. The predicted octanol–water partition coefficient (Wildman–Crippen LogP) is 4.37. The highest BCUT2D eigenvalue weighted by molar-refractivity contribution is 8.00. The van der Waals surface area contributed by atoms with E-state index in [1.165, 1.54) is 18.6 Å². The van der Waals surface area contributed by atoms with Crippen LogP contribution in [0.5, 0.6) is 0 Å². The molecule has 1 N–H and O–H groups in total. The molecule has 1 saturated heterocycles. The van der Waals surface area contributed by atoms with E-state index < -0.39 is 0 Å². The van der Waals surface area contributed by atoms with Gasteiger partial charge in [-0.15, -0.1) is 0 Å². The van der Waals surface area contributed by atoms with E-state index in [1.54, 1.807) is 0 Å². The van der Waals surface area contributed by atoms with Gasteiger partial charge in [-0.25, -0.2) is 0 Å². The fourth-order valence-electron chi connectivity index (χ4n) is 2.13. The molecule has 0 aromatic heterocycles. The second-order valence-corrected chi connectivity index (χ2v) is 7.20. The lowest BCUT2D eigenvalue weighted by molar-refractivity contribution is 0.537. The van der Waals surface area contributed by atoms with E-state index in [1.807, 2.05) is 18.2 Å². The molecule has 1 aliphatic heterocycles. The predicted molar refractivity (Wildman–Crippen MR) is 78.3 cm³/mol. The molecule has 0 aliphatic carbocycles. The maximum atomic E-state index is 6.13. The molecule has 0 spiro atoms. The van der Waals surface area contributed by atoms with Gasteiger partial charge in [-0.1, -0.05) is 29.3 Å². The highest BCUT2D eigenvalue weighted by atomic mass is 35.5. The van der Waals surface area contributed by atoms with Gasteiger partial charge in [0.05, 0.1) is 0 Å². The number of hydrogen-bond acceptors (Lipinski definition) is 2. The van der Waals surface area contributed by atoms with Gasteiger partial charge in [0.15, 0.2) is 0 Å². The minimum Gasteiger partial charge on any atom is -0.311 e. The Morgan fingerprint density at radius 2 is 2.06 bits per heavy atom. The number of halogens is 2. The van der Waals surface area contributed by atoms with E-state index in [0.29, 0.717) is 4.75 Å². The van der Waals surface area contributed by atoms with Crippen molar-refractivity contribution in [1.82, 2.24) is 5.32 Å². The monoisotopic (exact) mass is 289 g/mol. The third kappa shape index (κ3) is 3.54. The van der Waals surface area contributed by atoms with Gasteiger partial charge in [0.25, 0.3) is 0 Å². The SMILES string of the molecule is CC1(CNCc2c(Cl)cccc2Cl)CCCS1. The van der Waals surface area contributed by atoms with Gasteiger partial charge in [-0.05, 0) is 37.7 Å². The van der Waals surface area contributed by atoms with Crippen LogP contribution in [0.3, 0.4) is 0 Å². The molecule has 1 aromatic carbocycles. The van der Waals surface area contributed by atoms with Crippen molar-refractivity contribution in [3.05, 3.63) is 33.8 Å². The molecule has 1 unspecified atom stereocenters. The van der Waals surface area contributed by atoms with Crippen molar-refractivity contribution in [2.75, 3.05) is 12.3 Å². The van der Waals surface area contributed by atoms with Crippen LogP contribution < -0.4 is 5.32 Å². The Hall–Kier alpha value is 0.110. The Balaban J connectivity index is 1.90. The van der Waals surface area contributed by atoms with Gasteiger partial charge in [0.1, 0.15) is 0 Å². The number of nitrogens with one attached hydrogen (secondary N) is 1. The molecule has 4 heteroatoms. The van der Waals surface area contributed by atoms with Crippen molar-refractivity contribution in [3.63, 3.8) is 0 Å². The smallest absolute Gasteiger partial charge is 0.0465 e. The third-order valence-corrected chi connectivity index (χ3v) is 5.41. The van der Waals surface area contributed by atoms with Crippen LogP contribution >= 0.6 is 35.0 Å². The van der Waals surface area contributed by atoms with E-state index >= 15 is 0 Å². The normalized spacial score (nSPS) is 24.2. The van der Waals surface area contributed by atoms with Gasteiger partial charge in [0, 0.05) is 33.4 Å². The Morgan fingerprint density at radius 3 is 2.65 bits per heavy atom. The zero-order chi connectivity index (χ0) is 12.3. The van der Waals surface area contributed by atoms with Crippen LogP contribution in [0, 0.1) is 0 Å². The van der Waals surface area contributed by atoms with Crippen molar-refractivity contribution in [2.45, 2.75) is 31.1 Å². The first-order chi connectivity index (χ1) is 8.11. The topological polar surface area (TPSA) is 12.0 Å². The Morgan fingerprint density at radius 1 is 1.35 bits per heavy atom. The first-order valence-corrected chi connectivity index (χ1v) is 7.62. The summed E-state index contributed by atoms with van der Waals surface area (Å²) in [4.78, 5) is 0. The van der Waals surface area contributed by atoms with E-state index in [4.69, 9.17) is 23.2 Å². The van der Waals surface area contributed by atoms with Crippen LogP contribution in [0.25, 0.3) is 0 Å². The minimum absolute atomic E-state index is 0.383. The first-order valence-electron chi connectivity index (χ1n) is 5.88. The van der Waals surface area contributed by atoms with Gasteiger partial charge in [-0.3, -0.25) is 0 Å². The van der Waals surface area contributed by atoms with Crippen LogP contribution in [-0.4, -0.2) is 17.0 Å². The molecule has 1 nitrogen and oxygen atoms in total. The highest BCUT2D eigenvalue weighted by Crippen LogP contribution is 2.37. The number of benzene rings is 1. The van der Waals surface area contributed by atoms with Crippen molar-refractivity contribution in [3.8, 4) is 0 Å². The second-order valence-electron chi connectivity index (χ2n) is 4.71. The van der Waals surface area contributed by atoms with Gasteiger partial charge in [-0.2, -0.15) is 11.8 Å².